The monoisotopic (exact) mass is 315 g/mol. The van der Waals surface area contributed by atoms with E-state index in [9.17, 15) is 4.79 Å². The van der Waals surface area contributed by atoms with Gasteiger partial charge in [0.15, 0.2) is 0 Å². The Kier molecular flexibility index (Phi) is 5.19. The zero-order valence-corrected chi connectivity index (χ0v) is 13.5. The second-order valence-corrected chi connectivity index (χ2v) is 6.65. The fourth-order valence-electron chi connectivity index (χ4n) is 2.80. The maximum atomic E-state index is 12.4. The van der Waals surface area contributed by atoms with Gasteiger partial charge >= 0.3 is 0 Å². The van der Waals surface area contributed by atoms with Gasteiger partial charge in [0.05, 0.1) is 6.42 Å². The van der Waals surface area contributed by atoms with Crippen LogP contribution in [0.5, 0.6) is 0 Å². The summed E-state index contributed by atoms with van der Waals surface area (Å²) in [4.78, 5) is 22.0. The third-order valence-electron chi connectivity index (χ3n) is 4.00. The number of hydrogen-bond acceptors (Lipinski definition) is 4. The summed E-state index contributed by atoms with van der Waals surface area (Å²) in [7, 11) is 0. The van der Waals surface area contributed by atoms with Gasteiger partial charge in [-0.1, -0.05) is 6.07 Å². The van der Waals surface area contributed by atoms with Crippen molar-refractivity contribution in [2.75, 3.05) is 26.2 Å². The van der Waals surface area contributed by atoms with Crippen LogP contribution in [0.3, 0.4) is 0 Å². The minimum Gasteiger partial charge on any atom is -0.341 e. The minimum atomic E-state index is 0.258. The average molecular weight is 315 g/mol. The molecule has 0 spiro atoms. The van der Waals surface area contributed by atoms with Crippen LogP contribution in [-0.2, 0) is 17.8 Å². The molecule has 22 heavy (non-hydrogen) atoms. The van der Waals surface area contributed by atoms with Crippen LogP contribution in [-0.4, -0.2) is 46.9 Å². The Hall–Kier alpha value is -1.72. The lowest BCUT2D eigenvalue weighted by Gasteiger charge is -2.22. The predicted molar refractivity (Wildman–Crippen MR) is 88.7 cm³/mol. The fraction of sp³-hybridized carbons (Fsp3) is 0.412. The van der Waals surface area contributed by atoms with Crippen LogP contribution >= 0.6 is 11.3 Å². The van der Waals surface area contributed by atoms with Gasteiger partial charge < -0.3 is 4.90 Å². The van der Waals surface area contributed by atoms with E-state index >= 15 is 0 Å². The van der Waals surface area contributed by atoms with Gasteiger partial charge in [-0.15, -0.1) is 11.3 Å². The molecule has 0 saturated carbocycles. The Balaban J connectivity index is 1.52. The molecule has 3 heterocycles. The molecule has 1 fully saturated rings. The maximum absolute atomic E-state index is 12.4. The van der Waals surface area contributed by atoms with Crippen molar-refractivity contribution in [2.24, 2.45) is 0 Å². The summed E-state index contributed by atoms with van der Waals surface area (Å²) in [6, 6.07) is 8.16. The van der Waals surface area contributed by atoms with E-state index in [-0.39, 0.29) is 5.91 Å². The number of carbonyl (C=O) groups is 1. The summed E-state index contributed by atoms with van der Waals surface area (Å²) in [5.74, 6) is 0.258. The van der Waals surface area contributed by atoms with Crippen LogP contribution in [0.25, 0.3) is 0 Å². The van der Waals surface area contributed by atoms with E-state index in [4.69, 9.17) is 0 Å². The first kappa shape index (κ1) is 15.2. The Bertz CT molecular complexity index is 585. The van der Waals surface area contributed by atoms with Crippen molar-refractivity contribution in [1.29, 1.82) is 0 Å². The van der Waals surface area contributed by atoms with Gasteiger partial charge in [0.25, 0.3) is 0 Å². The van der Waals surface area contributed by atoms with Gasteiger partial charge in [-0.05, 0) is 35.6 Å². The van der Waals surface area contributed by atoms with Gasteiger partial charge in [-0.2, -0.15) is 0 Å². The lowest BCUT2D eigenvalue weighted by molar-refractivity contribution is -0.130. The highest BCUT2D eigenvalue weighted by Crippen LogP contribution is 2.13. The first-order valence-corrected chi connectivity index (χ1v) is 8.60. The molecule has 0 aromatic carbocycles. The van der Waals surface area contributed by atoms with Gasteiger partial charge in [-0.25, -0.2) is 0 Å². The molecule has 1 saturated heterocycles. The average Bonchev–Trinajstić information content (AvgIpc) is 2.93. The summed E-state index contributed by atoms with van der Waals surface area (Å²) < 4.78 is 0. The lowest BCUT2D eigenvalue weighted by atomic mass is 10.2. The summed E-state index contributed by atoms with van der Waals surface area (Å²) >= 11 is 1.66. The molecular weight excluding hydrogens is 294 g/mol. The molecule has 0 bridgehead atoms. The number of rotatable bonds is 4. The van der Waals surface area contributed by atoms with Gasteiger partial charge in [0, 0.05) is 50.0 Å². The molecular formula is C17H21N3OS. The predicted octanol–water partition coefficient (Wildman–Crippen LogP) is 2.42. The molecule has 0 aliphatic carbocycles. The third-order valence-corrected chi connectivity index (χ3v) is 4.88. The number of pyridine rings is 1. The number of aromatic nitrogens is 1. The molecule has 0 radical (unpaired) electrons. The van der Waals surface area contributed by atoms with Crippen LogP contribution in [0, 0.1) is 0 Å². The van der Waals surface area contributed by atoms with Crippen molar-refractivity contribution < 1.29 is 4.79 Å². The zero-order chi connectivity index (χ0) is 15.2. The van der Waals surface area contributed by atoms with Crippen molar-refractivity contribution in [2.45, 2.75) is 19.4 Å². The molecule has 5 heteroatoms. The first-order valence-electron chi connectivity index (χ1n) is 7.73. The molecule has 2 aromatic rings. The van der Waals surface area contributed by atoms with E-state index in [1.165, 1.54) is 5.56 Å². The summed E-state index contributed by atoms with van der Waals surface area (Å²) in [6.45, 7) is 4.63. The quantitative estimate of drug-likeness (QED) is 0.869. The van der Waals surface area contributed by atoms with Crippen molar-refractivity contribution >= 4 is 17.2 Å². The number of carbonyl (C=O) groups excluding carboxylic acids is 1. The van der Waals surface area contributed by atoms with Gasteiger partial charge in [0.1, 0.15) is 0 Å². The van der Waals surface area contributed by atoms with Crippen LogP contribution < -0.4 is 0 Å². The highest BCUT2D eigenvalue weighted by atomic mass is 32.1. The SMILES string of the molecule is O=C(Cc1cccs1)N1CCCN(Cc2ccncc2)CC1. The lowest BCUT2D eigenvalue weighted by Crippen LogP contribution is -2.35. The highest BCUT2D eigenvalue weighted by Gasteiger charge is 2.19. The minimum absolute atomic E-state index is 0.258. The van der Waals surface area contributed by atoms with E-state index in [1.54, 1.807) is 11.3 Å². The van der Waals surface area contributed by atoms with Crippen molar-refractivity contribution in [1.82, 2.24) is 14.8 Å². The molecule has 0 N–H and O–H groups in total. The number of amides is 1. The third kappa shape index (κ3) is 4.15. The second kappa shape index (κ2) is 7.51. The Morgan fingerprint density at radius 1 is 1.14 bits per heavy atom. The first-order chi connectivity index (χ1) is 10.8. The van der Waals surface area contributed by atoms with Gasteiger partial charge in [0.2, 0.25) is 5.91 Å². The molecule has 0 atom stereocenters. The molecule has 1 amide bonds. The van der Waals surface area contributed by atoms with Crippen LogP contribution in [0.4, 0.5) is 0 Å². The molecule has 1 aliphatic heterocycles. The molecule has 4 nitrogen and oxygen atoms in total. The van der Waals surface area contributed by atoms with Crippen molar-refractivity contribution in [3.63, 3.8) is 0 Å². The maximum Gasteiger partial charge on any atom is 0.227 e. The van der Waals surface area contributed by atoms with Crippen molar-refractivity contribution in [3.05, 3.63) is 52.5 Å². The molecule has 3 rings (SSSR count). The van der Waals surface area contributed by atoms with Crippen LogP contribution in [0.15, 0.2) is 42.0 Å². The van der Waals surface area contributed by atoms with E-state index in [0.717, 1.165) is 44.0 Å². The van der Waals surface area contributed by atoms with Crippen LogP contribution in [0.1, 0.15) is 16.9 Å². The fourth-order valence-corrected chi connectivity index (χ4v) is 3.49. The molecule has 2 aromatic heterocycles. The summed E-state index contributed by atoms with van der Waals surface area (Å²) in [5, 5.41) is 2.03. The Labute approximate surface area is 135 Å². The molecule has 116 valence electrons. The van der Waals surface area contributed by atoms with Crippen molar-refractivity contribution in [3.8, 4) is 0 Å². The largest absolute Gasteiger partial charge is 0.341 e. The highest BCUT2D eigenvalue weighted by molar-refractivity contribution is 7.10. The normalized spacial score (nSPS) is 16.5. The topological polar surface area (TPSA) is 36.4 Å². The van der Waals surface area contributed by atoms with E-state index < -0.39 is 0 Å². The van der Waals surface area contributed by atoms with E-state index in [0.29, 0.717) is 6.42 Å². The Morgan fingerprint density at radius 2 is 2.00 bits per heavy atom. The zero-order valence-electron chi connectivity index (χ0n) is 12.6. The summed E-state index contributed by atoms with van der Waals surface area (Å²) in [6.07, 6.45) is 5.26. The second-order valence-electron chi connectivity index (χ2n) is 5.62. The molecule has 0 unspecified atom stereocenters. The van der Waals surface area contributed by atoms with E-state index in [2.05, 4.69) is 22.0 Å². The number of thiophene rings is 1. The number of nitrogens with zero attached hydrogens (tertiary/aromatic N) is 3. The molecule has 1 aliphatic rings. The summed E-state index contributed by atoms with van der Waals surface area (Å²) in [5.41, 5.74) is 1.29. The van der Waals surface area contributed by atoms with Crippen LogP contribution in [0.2, 0.25) is 0 Å². The smallest absolute Gasteiger partial charge is 0.227 e. The number of hydrogen-bond donors (Lipinski definition) is 0. The van der Waals surface area contributed by atoms with Gasteiger partial charge in [-0.3, -0.25) is 14.7 Å². The Morgan fingerprint density at radius 3 is 2.77 bits per heavy atom. The van der Waals surface area contributed by atoms with E-state index in [1.807, 2.05) is 34.8 Å². The standard InChI is InChI=1S/C17H21N3OS/c21-17(13-16-3-1-12-22-16)20-9-2-8-19(10-11-20)14-15-4-6-18-7-5-15/h1,3-7,12H,2,8-11,13-14H2.